The lowest BCUT2D eigenvalue weighted by atomic mass is 9.97. The van der Waals surface area contributed by atoms with Crippen LogP contribution in [0.5, 0.6) is 0 Å². The quantitative estimate of drug-likeness (QED) is 0.203. The van der Waals surface area contributed by atoms with Gasteiger partial charge in [-0.1, -0.05) is 31.7 Å². The van der Waals surface area contributed by atoms with Crippen molar-refractivity contribution in [3.05, 3.63) is 36.4 Å². The van der Waals surface area contributed by atoms with Crippen LogP contribution < -0.4 is 49.5 Å². The topological polar surface area (TPSA) is 213 Å². The lowest BCUT2D eigenvalue weighted by Crippen LogP contribution is -2.66. The Labute approximate surface area is 213 Å². The van der Waals surface area contributed by atoms with Gasteiger partial charge in [0.2, 0.25) is 17.8 Å². The van der Waals surface area contributed by atoms with E-state index in [1.165, 1.54) is 0 Å². The molecule has 2 heterocycles. The average Bonchev–Trinajstić information content (AvgIpc) is 2.81. The summed E-state index contributed by atoms with van der Waals surface area (Å²) >= 11 is 0. The molecular weight excluding hydrogens is 456 g/mol. The van der Waals surface area contributed by atoms with Crippen molar-refractivity contribution in [1.82, 2.24) is 15.0 Å². The summed E-state index contributed by atoms with van der Waals surface area (Å²) in [5.41, 5.74) is 38.0. The van der Waals surface area contributed by atoms with Gasteiger partial charge in [0.15, 0.2) is 0 Å². The van der Waals surface area contributed by atoms with Crippen molar-refractivity contribution in [2.75, 3.05) is 48.3 Å². The predicted molar refractivity (Wildman–Crippen MR) is 147 cm³/mol. The number of nitrogens with one attached hydrogen (secondary N) is 1. The maximum absolute atomic E-state index is 6.33. The van der Waals surface area contributed by atoms with Gasteiger partial charge in [0.1, 0.15) is 0 Å². The van der Waals surface area contributed by atoms with Crippen LogP contribution in [0.4, 0.5) is 23.5 Å². The Hall–Kier alpha value is -2.87. The average molecular weight is 499 g/mol. The molecule has 1 saturated heterocycles. The Morgan fingerprint density at radius 3 is 2.64 bits per heavy atom. The first-order valence-electron chi connectivity index (χ1n) is 12.3. The lowest BCUT2D eigenvalue weighted by molar-refractivity contribution is 0.323. The van der Waals surface area contributed by atoms with Crippen LogP contribution in [0, 0.1) is 0 Å². The van der Waals surface area contributed by atoms with Crippen molar-refractivity contribution in [2.24, 2.45) is 34.4 Å². The summed E-state index contributed by atoms with van der Waals surface area (Å²) in [6, 6.07) is 7.68. The standard InChI is InChI=1S/C24H42N12/c1-4-16(2)18-8-5-6-9-19(18)31-20-32-21(35(3)14-23(27,28)10-7-11-25)34-22(33-20)36-13-17(26)12-24(29,30)15-36/h5-6,8-9,17H,2,4,7,10-15,25-30H2,1,3H3,(H,31,32,33,34)/t17-/m1/s1. The second-order valence-electron chi connectivity index (χ2n) is 9.95. The van der Waals surface area contributed by atoms with Crippen LogP contribution in [0.15, 0.2) is 30.8 Å². The van der Waals surface area contributed by atoms with Crippen LogP contribution in [0.1, 0.15) is 38.2 Å². The van der Waals surface area contributed by atoms with Gasteiger partial charge in [-0.05, 0) is 43.9 Å². The minimum absolute atomic E-state index is 0.214. The molecule has 1 aromatic heterocycles. The minimum atomic E-state index is -0.961. The van der Waals surface area contributed by atoms with E-state index in [0.717, 1.165) is 29.7 Å². The van der Waals surface area contributed by atoms with E-state index >= 15 is 0 Å². The van der Waals surface area contributed by atoms with Crippen molar-refractivity contribution in [3.8, 4) is 0 Å². The van der Waals surface area contributed by atoms with Crippen LogP contribution in [0.25, 0.3) is 5.57 Å². The molecule has 12 heteroatoms. The van der Waals surface area contributed by atoms with Crippen LogP contribution in [0.3, 0.4) is 0 Å². The number of anilines is 4. The molecule has 0 spiro atoms. The summed E-state index contributed by atoms with van der Waals surface area (Å²) in [6.07, 6.45) is 2.60. The maximum atomic E-state index is 6.33. The first-order chi connectivity index (χ1) is 16.9. The van der Waals surface area contributed by atoms with Crippen LogP contribution in [-0.4, -0.2) is 65.5 Å². The Morgan fingerprint density at radius 1 is 1.25 bits per heavy atom. The number of nitrogens with two attached hydrogens (primary N) is 6. The zero-order valence-corrected chi connectivity index (χ0v) is 21.5. The minimum Gasteiger partial charge on any atom is -0.340 e. The number of allylic oxidation sites excluding steroid dienone is 1. The maximum Gasteiger partial charge on any atom is 0.233 e. The van der Waals surface area contributed by atoms with E-state index in [1.807, 2.05) is 41.1 Å². The molecule has 0 aliphatic carbocycles. The number of hydrogen-bond donors (Lipinski definition) is 7. The fourth-order valence-corrected chi connectivity index (χ4v) is 4.43. The van der Waals surface area contributed by atoms with Gasteiger partial charge < -0.3 is 49.5 Å². The van der Waals surface area contributed by atoms with E-state index in [4.69, 9.17) is 44.4 Å². The number of piperidine rings is 1. The van der Waals surface area contributed by atoms with Gasteiger partial charge in [-0.25, -0.2) is 0 Å². The zero-order valence-electron chi connectivity index (χ0n) is 21.5. The van der Waals surface area contributed by atoms with Gasteiger partial charge in [-0.15, -0.1) is 0 Å². The van der Waals surface area contributed by atoms with E-state index < -0.39 is 11.3 Å². The molecule has 3 rings (SSSR count). The molecule has 0 saturated carbocycles. The number of likely N-dealkylation sites (N-methyl/N-ethyl adjacent to an activating group) is 1. The molecule has 0 radical (unpaired) electrons. The molecule has 198 valence electrons. The van der Waals surface area contributed by atoms with Crippen molar-refractivity contribution in [3.63, 3.8) is 0 Å². The molecule has 36 heavy (non-hydrogen) atoms. The number of hydrogen-bond acceptors (Lipinski definition) is 12. The SMILES string of the molecule is C=C(CC)c1ccccc1Nc1nc(N(C)CC(N)(N)CCCN)nc(N2C[C@H](N)CC(N)(N)C2)n1. The van der Waals surface area contributed by atoms with Crippen molar-refractivity contribution >= 4 is 29.1 Å². The molecule has 12 nitrogen and oxygen atoms in total. The lowest BCUT2D eigenvalue weighted by Gasteiger charge is -2.40. The summed E-state index contributed by atoms with van der Waals surface area (Å²) in [7, 11) is 1.84. The van der Waals surface area contributed by atoms with Crippen LogP contribution >= 0.6 is 0 Å². The number of aromatic nitrogens is 3. The summed E-state index contributed by atoms with van der Waals surface area (Å²) in [6.45, 7) is 7.95. The molecule has 0 unspecified atom stereocenters. The monoisotopic (exact) mass is 498 g/mol. The second-order valence-corrected chi connectivity index (χ2v) is 9.95. The molecule has 0 bridgehead atoms. The fourth-order valence-electron chi connectivity index (χ4n) is 4.43. The Kier molecular flexibility index (Phi) is 8.82. The van der Waals surface area contributed by atoms with E-state index in [9.17, 15) is 0 Å². The van der Waals surface area contributed by atoms with Gasteiger partial charge in [0, 0.05) is 30.9 Å². The van der Waals surface area contributed by atoms with Crippen molar-refractivity contribution in [2.45, 2.75) is 50.0 Å². The molecule has 2 aromatic rings. The summed E-state index contributed by atoms with van der Waals surface area (Å²) < 4.78 is 0. The predicted octanol–water partition coefficient (Wildman–Crippen LogP) is -0.0217. The second kappa shape index (κ2) is 11.5. The fraction of sp³-hybridized carbons (Fsp3) is 0.542. The highest BCUT2D eigenvalue weighted by atomic mass is 15.4. The first-order valence-corrected chi connectivity index (χ1v) is 12.3. The Bertz CT molecular complexity index is 1040. The largest absolute Gasteiger partial charge is 0.340 e. The highest BCUT2D eigenvalue weighted by Gasteiger charge is 2.34. The van der Waals surface area contributed by atoms with Gasteiger partial charge >= 0.3 is 0 Å². The Morgan fingerprint density at radius 2 is 1.97 bits per heavy atom. The van der Waals surface area contributed by atoms with Crippen LogP contribution in [-0.2, 0) is 0 Å². The Balaban J connectivity index is 1.99. The van der Waals surface area contributed by atoms with Gasteiger partial charge in [0.05, 0.1) is 24.4 Å². The summed E-state index contributed by atoms with van der Waals surface area (Å²) in [4.78, 5) is 17.8. The molecule has 1 fully saturated rings. The molecule has 1 atom stereocenters. The molecular formula is C24H42N12. The van der Waals surface area contributed by atoms with E-state index in [1.54, 1.807) is 0 Å². The molecule has 1 aromatic carbocycles. The molecule has 1 aliphatic rings. The zero-order chi connectivity index (χ0) is 26.5. The summed E-state index contributed by atoms with van der Waals surface area (Å²) in [5.74, 6) is 1.18. The number of para-hydroxylation sites is 1. The first kappa shape index (κ1) is 27.7. The molecule has 13 N–H and O–H groups in total. The third-order valence-electron chi connectivity index (χ3n) is 6.18. The molecule has 1 aliphatic heterocycles. The number of rotatable bonds is 11. The van der Waals surface area contributed by atoms with E-state index in [2.05, 4.69) is 23.8 Å². The van der Waals surface area contributed by atoms with E-state index in [-0.39, 0.29) is 6.04 Å². The number of benzene rings is 1. The van der Waals surface area contributed by atoms with Gasteiger partial charge in [-0.2, -0.15) is 15.0 Å². The summed E-state index contributed by atoms with van der Waals surface area (Å²) in [5, 5.41) is 3.34. The third kappa shape index (κ3) is 7.32. The van der Waals surface area contributed by atoms with Gasteiger partial charge in [0.25, 0.3) is 0 Å². The molecule has 0 amide bonds. The normalized spacial score (nSPS) is 17.7. The highest BCUT2D eigenvalue weighted by Crippen LogP contribution is 2.28. The van der Waals surface area contributed by atoms with Crippen LogP contribution in [0.2, 0.25) is 0 Å². The third-order valence-corrected chi connectivity index (χ3v) is 6.18. The van der Waals surface area contributed by atoms with Crippen molar-refractivity contribution in [1.29, 1.82) is 0 Å². The number of nitrogens with zero attached hydrogens (tertiary/aromatic N) is 5. The van der Waals surface area contributed by atoms with E-state index in [0.29, 0.717) is 56.9 Å². The smallest absolute Gasteiger partial charge is 0.233 e. The van der Waals surface area contributed by atoms with Gasteiger partial charge in [-0.3, -0.25) is 0 Å². The highest BCUT2D eigenvalue weighted by molar-refractivity contribution is 5.77. The van der Waals surface area contributed by atoms with Crippen molar-refractivity contribution < 1.29 is 0 Å².